The Hall–Kier alpha value is -1.74. The molecule has 0 spiro atoms. The van der Waals surface area contributed by atoms with Crippen molar-refractivity contribution in [3.05, 3.63) is 71.3 Å². The van der Waals surface area contributed by atoms with Crippen LogP contribution in [-0.4, -0.2) is 6.04 Å². The van der Waals surface area contributed by atoms with Gasteiger partial charge in [-0.2, -0.15) is 0 Å². The van der Waals surface area contributed by atoms with Crippen LogP contribution in [0.3, 0.4) is 0 Å². The van der Waals surface area contributed by atoms with Crippen molar-refractivity contribution in [2.24, 2.45) is 5.73 Å². The lowest BCUT2D eigenvalue weighted by molar-refractivity contribution is 0.562. The summed E-state index contributed by atoms with van der Waals surface area (Å²) < 4.78 is 26.7. The monoisotopic (exact) mass is 261 g/mol. The molecule has 0 bridgehead atoms. The van der Waals surface area contributed by atoms with Gasteiger partial charge in [-0.15, -0.1) is 0 Å². The topological polar surface area (TPSA) is 26.0 Å². The van der Waals surface area contributed by atoms with Crippen LogP contribution in [0.25, 0.3) is 0 Å². The molecule has 0 aliphatic heterocycles. The van der Waals surface area contributed by atoms with Crippen LogP contribution in [0.1, 0.15) is 30.4 Å². The molecular weight excluding hydrogens is 244 g/mol. The van der Waals surface area contributed by atoms with Crippen LogP contribution < -0.4 is 5.73 Å². The second-order valence-electron chi connectivity index (χ2n) is 4.66. The Morgan fingerprint density at radius 1 is 0.947 bits per heavy atom. The van der Waals surface area contributed by atoms with E-state index in [9.17, 15) is 8.78 Å². The Bertz CT molecular complexity index is 508. The highest BCUT2D eigenvalue weighted by molar-refractivity contribution is 5.34. The summed E-state index contributed by atoms with van der Waals surface area (Å²) in [6, 6.07) is 12.5. The van der Waals surface area contributed by atoms with E-state index in [2.05, 4.69) is 0 Å². The minimum absolute atomic E-state index is 0.177. The van der Waals surface area contributed by atoms with Crippen molar-refractivity contribution in [2.45, 2.75) is 25.3 Å². The van der Waals surface area contributed by atoms with E-state index in [4.69, 9.17) is 5.73 Å². The first kappa shape index (κ1) is 13.7. The van der Waals surface area contributed by atoms with Crippen LogP contribution in [0.2, 0.25) is 0 Å². The Labute approximate surface area is 112 Å². The van der Waals surface area contributed by atoms with Crippen LogP contribution in [0, 0.1) is 11.6 Å². The molecule has 19 heavy (non-hydrogen) atoms. The second-order valence-corrected chi connectivity index (χ2v) is 4.66. The molecule has 2 aromatic carbocycles. The van der Waals surface area contributed by atoms with Crippen molar-refractivity contribution in [2.75, 3.05) is 0 Å². The maximum Gasteiger partial charge on any atom is 0.123 e. The number of hydrogen-bond donors (Lipinski definition) is 1. The maximum absolute atomic E-state index is 13.4. The molecule has 0 fully saturated rings. The van der Waals surface area contributed by atoms with Crippen LogP contribution in [0.15, 0.2) is 48.5 Å². The van der Waals surface area contributed by atoms with Crippen molar-refractivity contribution in [1.29, 1.82) is 0 Å². The van der Waals surface area contributed by atoms with Crippen LogP contribution in [0.5, 0.6) is 0 Å². The predicted molar refractivity (Wildman–Crippen MR) is 72.9 cm³/mol. The first-order valence-electron chi connectivity index (χ1n) is 6.38. The molecule has 0 saturated carbocycles. The number of nitrogens with two attached hydrogens (primary N) is 1. The highest BCUT2D eigenvalue weighted by atomic mass is 19.1. The van der Waals surface area contributed by atoms with Crippen molar-refractivity contribution >= 4 is 0 Å². The SMILES string of the molecule is CCC(N)C(c1cccc(F)c1)c1cccc(F)c1. The second kappa shape index (κ2) is 5.93. The van der Waals surface area contributed by atoms with Gasteiger partial charge in [-0.1, -0.05) is 31.2 Å². The standard InChI is InChI=1S/C16H17F2N/c1-2-15(19)16(11-5-3-7-13(17)9-11)12-6-4-8-14(18)10-12/h3-10,15-16H,2,19H2,1H3. The molecule has 2 rings (SSSR count). The number of halogens is 2. The van der Waals surface area contributed by atoms with Crippen molar-refractivity contribution in [3.8, 4) is 0 Å². The van der Waals surface area contributed by atoms with E-state index in [1.54, 1.807) is 12.1 Å². The Morgan fingerprint density at radius 3 is 1.79 bits per heavy atom. The first-order chi connectivity index (χ1) is 9.11. The molecule has 3 heteroatoms. The maximum atomic E-state index is 13.4. The zero-order valence-corrected chi connectivity index (χ0v) is 10.8. The third-order valence-electron chi connectivity index (χ3n) is 3.32. The zero-order valence-electron chi connectivity index (χ0n) is 10.8. The summed E-state index contributed by atoms with van der Waals surface area (Å²) in [6.07, 6.45) is 0.734. The van der Waals surface area contributed by atoms with Gasteiger partial charge in [-0.05, 0) is 41.8 Å². The van der Waals surface area contributed by atoms with Crippen molar-refractivity contribution < 1.29 is 8.78 Å². The number of hydrogen-bond acceptors (Lipinski definition) is 1. The van der Waals surface area contributed by atoms with E-state index >= 15 is 0 Å². The van der Waals surface area contributed by atoms with Gasteiger partial charge in [0.05, 0.1) is 0 Å². The summed E-state index contributed by atoms with van der Waals surface area (Å²) in [6.45, 7) is 1.97. The number of rotatable bonds is 4. The molecule has 2 N–H and O–H groups in total. The Kier molecular flexibility index (Phi) is 4.27. The van der Waals surface area contributed by atoms with Crippen LogP contribution >= 0.6 is 0 Å². The largest absolute Gasteiger partial charge is 0.327 e. The lowest BCUT2D eigenvalue weighted by Gasteiger charge is -2.24. The van der Waals surface area contributed by atoms with Gasteiger partial charge in [-0.25, -0.2) is 8.78 Å². The molecule has 0 heterocycles. The summed E-state index contributed by atoms with van der Waals surface area (Å²) in [7, 11) is 0. The fourth-order valence-electron chi connectivity index (χ4n) is 2.32. The van der Waals surface area contributed by atoms with Gasteiger partial charge in [0.2, 0.25) is 0 Å². The van der Waals surface area contributed by atoms with Gasteiger partial charge in [-0.3, -0.25) is 0 Å². The molecule has 0 aromatic heterocycles. The van der Waals surface area contributed by atoms with Gasteiger partial charge >= 0.3 is 0 Å². The molecule has 100 valence electrons. The van der Waals surface area contributed by atoms with E-state index in [-0.39, 0.29) is 23.6 Å². The fourth-order valence-corrected chi connectivity index (χ4v) is 2.32. The summed E-state index contributed by atoms with van der Waals surface area (Å²) >= 11 is 0. The smallest absolute Gasteiger partial charge is 0.123 e. The molecule has 1 atom stereocenters. The molecular formula is C16H17F2N. The van der Waals surface area contributed by atoms with Gasteiger partial charge in [0.25, 0.3) is 0 Å². The number of benzene rings is 2. The highest BCUT2D eigenvalue weighted by Gasteiger charge is 2.21. The van der Waals surface area contributed by atoms with Gasteiger partial charge in [0.15, 0.2) is 0 Å². The average Bonchev–Trinajstić information content (AvgIpc) is 2.39. The Balaban J connectivity index is 2.47. The highest BCUT2D eigenvalue weighted by Crippen LogP contribution is 2.29. The van der Waals surface area contributed by atoms with Gasteiger partial charge in [0.1, 0.15) is 11.6 Å². The van der Waals surface area contributed by atoms with E-state index in [1.165, 1.54) is 24.3 Å². The summed E-state index contributed by atoms with van der Waals surface area (Å²) in [4.78, 5) is 0. The molecule has 0 aliphatic carbocycles. The lowest BCUT2D eigenvalue weighted by Crippen LogP contribution is -2.28. The van der Waals surface area contributed by atoms with E-state index in [1.807, 2.05) is 19.1 Å². The average molecular weight is 261 g/mol. The third-order valence-corrected chi connectivity index (χ3v) is 3.32. The summed E-state index contributed by atoms with van der Waals surface area (Å²) in [5.74, 6) is -0.805. The minimum Gasteiger partial charge on any atom is -0.327 e. The molecule has 2 aromatic rings. The van der Waals surface area contributed by atoms with E-state index in [0.29, 0.717) is 0 Å². The Morgan fingerprint density at radius 2 is 1.42 bits per heavy atom. The fraction of sp³-hybridized carbons (Fsp3) is 0.250. The first-order valence-corrected chi connectivity index (χ1v) is 6.38. The third kappa shape index (κ3) is 3.18. The summed E-state index contributed by atoms with van der Waals surface area (Å²) in [5, 5.41) is 0. The molecule has 1 unspecified atom stereocenters. The molecule has 0 saturated heterocycles. The van der Waals surface area contributed by atoms with Crippen LogP contribution in [0.4, 0.5) is 8.78 Å². The van der Waals surface area contributed by atoms with E-state index < -0.39 is 0 Å². The summed E-state index contributed by atoms with van der Waals surface area (Å²) in [5.41, 5.74) is 7.69. The molecule has 0 aliphatic rings. The van der Waals surface area contributed by atoms with Crippen molar-refractivity contribution in [1.82, 2.24) is 0 Å². The van der Waals surface area contributed by atoms with Gasteiger partial charge in [0, 0.05) is 12.0 Å². The normalized spacial score (nSPS) is 12.7. The van der Waals surface area contributed by atoms with Crippen LogP contribution in [-0.2, 0) is 0 Å². The van der Waals surface area contributed by atoms with Gasteiger partial charge < -0.3 is 5.73 Å². The molecule has 0 amide bonds. The zero-order chi connectivity index (χ0) is 13.8. The van der Waals surface area contributed by atoms with Crippen molar-refractivity contribution in [3.63, 3.8) is 0 Å². The molecule has 0 radical (unpaired) electrons. The van der Waals surface area contributed by atoms with E-state index in [0.717, 1.165) is 17.5 Å². The minimum atomic E-state index is -0.304. The quantitative estimate of drug-likeness (QED) is 0.889. The predicted octanol–water partition coefficient (Wildman–Crippen LogP) is 3.83. The lowest BCUT2D eigenvalue weighted by atomic mass is 9.84. The molecule has 1 nitrogen and oxygen atoms in total.